The second-order valence-corrected chi connectivity index (χ2v) is 6.19. The average molecular weight is 347 g/mol. The van der Waals surface area contributed by atoms with Crippen LogP contribution in [0.25, 0.3) is 0 Å². The summed E-state index contributed by atoms with van der Waals surface area (Å²) in [6, 6.07) is 17.3. The molecule has 3 rings (SSSR count). The maximum atomic E-state index is 12.5. The van der Waals surface area contributed by atoms with Crippen LogP contribution in [-0.2, 0) is 11.2 Å². The zero-order valence-corrected chi connectivity index (χ0v) is 14.9. The molecule has 1 amide bonds. The number of methoxy groups -OCH3 is 1. The Morgan fingerprint density at radius 2 is 2.00 bits per heavy atom. The van der Waals surface area contributed by atoms with Gasteiger partial charge in [0.05, 0.1) is 13.2 Å². The van der Waals surface area contributed by atoms with Crippen molar-refractivity contribution < 1.29 is 9.53 Å². The van der Waals surface area contributed by atoms with Crippen molar-refractivity contribution in [2.24, 2.45) is 0 Å². The maximum absolute atomic E-state index is 12.5. The second-order valence-electron chi connectivity index (χ2n) is 6.19. The minimum absolute atomic E-state index is 0.0991. The van der Waals surface area contributed by atoms with Crippen LogP contribution in [-0.4, -0.2) is 19.6 Å². The fourth-order valence-electron chi connectivity index (χ4n) is 3.04. The normalized spacial score (nSPS) is 14.3. The highest BCUT2D eigenvalue weighted by molar-refractivity contribution is 5.98. The molecule has 0 bridgehead atoms. The first-order valence-corrected chi connectivity index (χ1v) is 8.53. The zero-order chi connectivity index (χ0) is 18.5. The summed E-state index contributed by atoms with van der Waals surface area (Å²) in [7, 11) is 1.61. The summed E-state index contributed by atoms with van der Waals surface area (Å²) < 4.78 is 5.14. The van der Waals surface area contributed by atoms with E-state index < -0.39 is 0 Å². The van der Waals surface area contributed by atoms with Crippen LogP contribution in [0.2, 0.25) is 0 Å². The number of amides is 1. The van der Waals surface area contributed by atoms with E-state index in [1.807, 2.05) is 60.4 Å². The molecule has 26 heavy (non-hydrogen) atoms. The Hall–Kier alpha value is -3.26. The summed E-state index contributed by atoms with van der Waals surface area (Å²) in [4.78, 5) is 14.5. The molecular formula is C21H21N3O2. The van der Waals surface area contributed by atoms with Crippen molar-refractivity contribution in [3.8, 4) is 11.8 Å². The average Bonchev–Trinajstić information content (AvgIpc) is 3.09. The van der Waals surface area contributed by atoms with E-state index in [0.717, 1.165) is 30.0 Å². The highest BCUT2D eigenvalue weighted by Gasteiger charge is 2.20. The number of carbonyl (C=O) groups excluding carboxylic acids is 1. The number of nitrogens with zero attached hydrogens (tertiary/aromatic N) is 2. The fraction of sp³-hybridized carbons (Fsp3) is 0.238. The Balaban J connectivity index is 1.72. The number of rotatable bonds is 5. The molecule has 0 fully saturated rings. The van der Waals surface area contributed by atoms with Gasteiger partial charge in [0.25, 0.3) is 5.91 Å². The van der Waals surface area contributed by atoms with E-state index in [0.29, 0.717) is 0 Å². The van der Waals surface area contributed by atoms with Crippen LogP contribution in [0.3, 0.4) is 0 Å². The number of para-hydroxylation sites is 1. The first kappa shape index (κ1) is 17.6. The third kappa shape index (κ3) is 3.70. The van der Waals surface area contributed by atoms with Gasteiger partial charge in [0.2, 0.25) is 0 Å². The third-order valence-electron chi connectivity index (χ3n) is 4.54. The van der Waals surface area contributed by atoms with Gasteiger partial charge < -0.3 is 15.0 Å². The lowest BCUT2D eigenvalue weighted by atomic mass is 10.1. The van der Waals surface area contributed by atoms with Crippen molar-refractivity contribution in [2.45, 2.75) is 19.4 Å². The first-order chi connectivity index (χ1) is 12.6. The molecule has 0 radical (unpaired) electrons. The number of benzene rings is 2. The molecule has 1 aliphatic rings. The van der Waals surface area contributed by atoms with Gasteiger partial charge in [-0.1, -0.05) is 30.3 Å². The Morgan fingerprint density at radius 3 is 2.69 bits per heavy atom. The molecule has 1 atom stereocenters. The number of anilines is 1. The Labute approximate surface area is 153 Å². The van der Waals surface area contributed by atoms with E-state index in [-0.39, 0.29) is 17.5 Å². The summed E-state index contributed by atoms with van der Waals surface area (Å²) in [5.74, 6) is 0.387. The van der Waals surface area contributed by atoms with Crippen LogP contribution < -0.4 is 15.0 Å². The summed E-state index contributed by atoms with van der Waals surface area (Å²) in [6.45, 7) is 2.66. The monoisotopic (exact) mass is 347 g/mol. The predicted molar refractivity (Wildman–Crippen MR) is 101 cm³/mol. The lowest BCUT2D eigenvalue weighted by Gasteiger charge is -2.17. The van der Waals surface area contributed by atoms with Gasteiger partial charge in [0, 0.05) is 18.4 Å². The predicted octanol–water partition coefficient (Wildman–Crippen LogP) is 3.34. The molecule has 5 nitrogen and oxygen atoms in total. The summed E-state index contributed by atoms with van der Waals surface area (Å²) in [6.07, 6.45) is 2.55. The summed E-state index contributed by atoms with van der Waals surface area (Å²) in [5.41, 5.74) is 3.33. The molecule has 0 aromatic heterocycles. The van der Waals surface area contributed by atoms with Crippen molar-refractivity contribution in [1.29, 1.82) is 5.26 Å². The molecule has 2 aromatic carbocycles. The van der Waals surface area contributed by atoms with Crippen LogP contribution in [0.4, 0.5) is 5.69 Å². The number of nitriles is 1. The number of hydrogen-bond acceptors (Lipinski definition) is 4. The Kier molecular flexibility index (Phi) is 5.23. The van der Waals surface area contributed by atoms with Gasteiger partial charge in [0.15, 0.2) is 0 Å². The lowest BCUT2D eigenvalue weighted by molar-refractivity contribution is -0.117. The quantitative estimate of drug-likeness (QED) is 0.665. The second kappa shape index (κ2) is 7.75. The molecule has 0 saturated carbocycles. The molecule has 0 spiro atoms. The number of ether oxygens (including phenoxy) is 1. The first-order valence-electron chi connectivity index (χ1n) is 8.53. The van der Waals surface area contributed by atoms with Crippen molar-refractivity contribution in [2.75, 3.05) is 18.6 Å². The van der Waals surface area contributed by atoms with Crippen LogP contribution in [0.15, 0.2) is 60.3 Å². The minimum Gasteiger partial charge on any atom is -0.497 e. The maximum Gasteiger partial charge on any atom is 0.263 e. The van der Waals surface area contributed by atoms with Gasteiger partial charge in [-0.05, 0) is 42.7 Å². The topological polar surface area (TPSA) is 65.4 Å². The van der Waals surface area contributed by atoms with Crippen LogP contribution in [0, 0.1) is 11.3 Å². The molecular weight excluding hydrogens is 326 g/mol. The Bertz CT molecular complexity index is 866. The van der Waals surface area contributed by atoms with Crippen LogP contribution >= 0.6 is 0 Å². The van der Waals surface area contributed by atoms with Crippen LogP contribution in [0.5, 0.6) is 5.75 Å². The van der Waals surface area contributed by atoms with Crippen molar-refractivity contribution in [3.63, 3.8) is 0 Å². The molecule has 1 heterocycles. The largest absolute Gasteiger partial charge is 0.497 e. The van der Waals surface area contributed by atoms with Crippen molar-refractivity contribution in [1.82, 2.24) is 5.32 Å². The van der Waals surface area contributed by atoms with Gasteiger partial charge in [-0.2, -0.15) is 5.26 Å². The third-order valence-corrected chi connectivity index (χ3v) is 4.54. The standard InChI is InChI=1S/C21H21N3O2/c1-15(16-7-9-19(26-2)10-8-16)23-21(25)18(13-22)14-24-12-11-17-5-3-4-6-20(17)24/h3-10,14-15H,11-12H2,1-2H3,(H,23,25)/b18-14-. The molecule has 1 aliphatic heterocycles. The van der Waals surface area contributed by atoms with E-state index in [1.54, 1.807) is 13.3 Å². The van der Waals surface area contributed by atoms with E-state index in [4.69, 9.17) is 4.74 Å². The SMILES string of the molecule is COc1ccc(C(C)NC(=O)/C(C#N)=C\N2CCc3ccccc32)cc1. The van der Waals surface area contributed by atoms with Crippen molar-refractivity contribution in [3.05, 3.63) is 71.4 Å². The molecule has 2 aromatic rings. The van der Waals surface area contributed by atoms with E-state index in [2.05, 4.69) is 11.4 Å². The summed E-state index contributed by atoms with van der Waals surface area (Å²) >= 11 is 0. The minimum atomic E-state index is -0.375. The molecule has 0 aliphatic carbocycles. The molecule has 132 valence electrons. The van der Waals surface area contributed by atoms with Gasteiger partial charge in [-0.15, -0.1) is 0 Å². The van der Waals surface area contributed by atoms with Gasteiger partial charge >= 0.3 is 0 Å². The molecule has 5 heteroatoms. The van der Waals surface area contributed by atoms with E-state index in [9.17, 15) is 10.1 Å². The number of fused-ring (bicyclic) bond motifs is 1. The zero-order valence-electron chi connectivity index (χ0n) is 14.9. The van der Waals surface area contributed by atoms with Crippen LogP contribution in [0.1, 0.15) is 24.1 Å². The number of hydrogen-bond donors (Lipinski definition) is 1. The Morgan fingerprint density at radius 1 is 1.27 bits per heavy atom. The summed E-state index contributed by atoms with van der Waals surface area (Å²) in [5, 5.41) is 12.3. The lowest BCUT2D eigenvalue weighted by Crippen LogP contribution is -2.29. The van der Waals surface area contributed by atoms with Gasteiger partial charge in [0.1, 0.15) is 17.4 Å². The number of carbonyl (C=O) groups is 1. The van der Waals surface area contributed by atoms with Gasteiger partial charge in [-0.25, -0.2) is 0 Å². The smallest absolute Gasteiger partial charge is 0.263 e. The fourth-order valence-corrected chi connectivity index (χ4v) is 3.04. The van der Waals surface area contributed by atoms with E-state index >= 15 is 0 Å². The van der Waals surface area contributed by atoms with E-state index in [1.165, 1.54) is 5.56 Å². The molecule has 1 unspecified atom stereocenters. The van der Waals surface area contributed by atoms with Crippen molar-refractivity contribution >= 4 is 11.6 Å². The van der Waals surface area contributed by atoms with Gasteiger partial charge in [-0.3, -0.25) is 4.79 Å². The highest BCUT2D eigenvalue weighted by atomic mass is 16.5. The molecule has 1 N–H and O–H groups in total. The highest BCUT2D eigenvalue weighted by Crippen LogP contribution is 2.28. The number of nitrogens with one attached hydrogen (secondary N) is 1. The molecule has 0 saturated heterocycles.